The van der Waals surface area contributed by atoms with Gasteiger partial charge in [-0.1, -0.05) is 53.5 Å². The van der Waals surface area contributed by atoms with Gasteiger partial charge in [0.15, 0.2) is 0 Å². The monoisotopic (exact) mass is 455 g/mol. The molecule has 0 radical (unpaired) electrons. The van der Waals surface area contributed by atoms with Crippen molar-refractivity contribution >= 4 is 34.1 Å². The van der Waals surface area contributed by atoms with Crippen molar-refractivity contribution in [3.8, 4) is 11.3 Å². The number of hydrogen-bond acceptors (Lipinski definition) is 3. The van der Waals surface area contributed by atoms with Gasteiger partial charge in [0.1, 0.15) is 6.10 Å². The van der Waals surface area contributed by atoms with Gasteiger partial charge >= 0.3 is 5.69 Å². The predicted molar refractivity (Wildman–Crippen MR) is 122 cm³/mol. The van der Waals surface area contributed by atoms with E-state index >= 15 is 0 Å². The summed E-state index contributed by atoms with van der Waals surface area (Å²) in [5, 5.41) is 1.39. The molecule has 5 rings (SSSR count). The van der Waals surface area contributed by atoms with E-state index in [1.165, 1.54) is 11.6 Å². The molecular formula is C23H19Cl2N3O3. The number of fused-ring (bicyclic) bond motifs is 3. The van der Waals surface area contributed by atoms with Crippen LogP contribution in [0.3, 0.4) is 0 Å². The molecule has 0 saturated heterocycles. The summed E-state index contributed by atoms with van der Waals surface area (Å²) in [5.74, 6) is 0. The molecule has 3 heterocycles. The highest BCUT2D eigenvalue weighted by Crippen LogP contribution is 2.42. The van der Waals surface area contributed by atoms with Crippen LogP contribution in [0.15, 0.2) is 58.1 Å². The Bertz CT molecular complexity index is 1450. The molecule has 1 atom stereocenters. The average molecular weight is 456 g/mol. The van der Waals surface area contributed by atoms with Crippen molar-refractivity contribution in [3.63, 3.8) is 0 Å². The molecule has 4 aromatic rings. The van der Waals surface area contributed by atoms with E-state index in [0.29, 0.717) is 45.4 Å². The van der Waals surface area contributed by atoms with E-state index in [9.17, 15) is 9.59 Å². The summed E-state index contributed by atoms with van der Waals surface area (Å²) in [6.07, 6.45) is -0.421. The first kappa shape index (κ1) is 20.1. The zero-order chi connectivity index (χ0) is 21.9. The fourth-order valence-electron chi connectivity index (χ4n) is 4.42. The number of ether oxygens (including phenoxy) is 1. The van der Waals surface area contributed by atoms with Crippen LogP contribution in [0.2, 0.25) is 10.0 Å². The molecule has 8 heteroatoms. The van der Waals surface area contributed by atoms with E-state index in [0.717, 1.165) is 15.8 Å². The van der Waals surface area contributed by atoms with Gasteiger partial charge in [0.05, 0.1) is 33.9 Å². The zero-order valence-electron chi connectivity index (χ0n) is 16.9. The van der Waals surface area contributed by atoms with Gasteiger partial charge in [0.25, 0.3) is 5.56 Å². The third kappa shape index (κ3) is 2.97. The van der Waals surface area contributed by atoms with Crippen LogP contribution in [0.1, 0.15) is 17.4 Å². The van der Waals surface area contributed by atoms with Crippen molar-refractivity contribution in [1.29, 1.82) is 0 Å². The number of halogens is 2. The third-order valence-electron chi connectivity index (χ3n) is 5.84. The number of hydrogen-bond donors (Lipinski definition) is 0. The molecule has 0 unspecified atom stereocenters. The maximum Gasteiger partial charge on any atom is 0.331 e. The highest BCUT2D eigenvalue weighted by Gasteiger charge is 2.33. The topological polar surface area (TPSA) is 58.2 Å². The van der Waals surface area contributed by atoms with Crippen molar-refractivity contribution in [2.45, 2.75) is 12.6 Å². The van der Waals surface area contributed by atoms with Crippen LogP contribution in [0, 0.1) is 0 Å². The predicted octanol–water partition coefficient (Wildman–Crippen LogP) is 4.13. The molecule has 0 amide bonds. The summed E-state index contributed by atoms with van der Waals surface area (Å²) in [6, 6.07) is 15.0. The Morgan fingerprint density at radius 2 is 1.74 bits per heavy atom. The van der Waals surface area contributed by atoms with Crippen LogP contribution in [0.4, 0.5) is 0 Å². The number of benzene rings is 2. The molecular weight excluding hydrogens is 437 g/mol. The lowest BCUT2D eigenvalue weighted by Gasteiger charge is -2.27. The number of rotatable bonds is 2. The first-order valence-corrected chi connectivity index (χ1v) is 10.6. The minimum absolute atomic E-state index is 0.368. The van der Waals surface area contributed by atoms with Crippen LogP contribution >= 0.6 is 23.2 Å². The van der Waals surface area contributed by atoms with Crippen molar-refractivity contribution in [2.24, 2.45) is 14.1 Å². The van der Waals surface area contributed by atoms with Gasteiger partial charge in [-0.05, 0) is 23.8 Å². The highest BCUT2D eigenvalue weighted by atomic mass is 35.5. The lowest BCUT2D eigenvalue weighted by Crippen LogP contribution is -2.37. The maximum absolute atomic E-state index is 13.4. The van der Waals surface area contributed by atoms with Gasteiger partial charge in [-0.25, -0.2) is 4.79 Å². The van der Waals surface area contributed by atoms with E-state index < -0.39 is 11.8 Å². The Hall–Kier alpha value is -2.80. The average Bonchev–Trinajstić information content (AvgIpc) is 3.12. The van der Waals surface area contributed by atoms with Gasteiger partial charge in [0.2, 0.25) is 0 Å². The maximum atomic E-state index is 13.4. The second kappa shape index (κ2) is 7.41. The number of nitrogens with zero attached hydrogens (tertiary/aromatic N) is 3. The van der Waals surface area contributed by atoms with Crippen LogP contribution in [0.25, 0.3) is 22.2 Å². The van der Waals surface area contributed by atoms with E-state index in [-0.39, 0.29) is 5.56 Å². The van der Waals surface area contributed by atoms with Gasteiger partial charge in [-0.2, -0.15) is 0 Å². The lowest BCUT2D eigenvalue weighted by atomic mass is 10.0. The first-order chi connectivity index (χ1) is 14.9. The molecule has 0 saturated carbocycles. The number of aromatic nitrogens is 3. The molecule has 1 aliphatic rings. The SMILES string of the molecule is Cn1c(=O)c2c(-c3ccc(Cl)cc3Cl)n3c(c2n(C)c1=O)[C@@H](c1ccccc1)OCC3. The summed E-state index contributed by atoms with van der Waals surface area (Å²) < 4.78 is 10.9. The van der Waals surface area contributed by atoms with E-state index in [2.05, 4.69) is 4.57 Å². The Morgan fingerprint density at radius 1 is 1.00 bits per heavy atom. The lowest BCUT2D eigenvalue weighted by molar-refractivity contribution is 0.0478. The quantitative estimate of drug-likeness (QED) is 0.456. The molecule has 0 fully saturated rings. The van der Waals surface area contributed by atoms with E-state index in [1.54, 1.807) is 19.2 Å². The number of aryl methyl sites for hydroxylation is 1. The minimum Gasteiger partial charge on any atom is -0.365 e. The smallest absolute Gasteiger partial charge is 0.331 e. The van der Waals surface area contributed by atoms with Gasteiger partial charge in [-0.15, -0.1) is 0 Å². The normalized spacial score (nSPS) is 15.9. The molecule has 0 bridgehead atoms. The summed E-state index contributed by atoms with van der Waals surface area (Å²) in [4.78, 5) is 26.2. The molecule has 0 spiro atoms. The molecule has 0 aliphatic carbocycles. The Labute approximate surface area is 187 Å². The zero-order valence-corrected chi connectivity index (χ0v) is 18.4. The largest absolute Gasteiger partial charge is 0.365 e. The molecule has 2 aromatic carbocycles. The van der Waals surface area contributed by atoms with Crippen molar-refractivity contribution in [2.75, 3.05) is 6.61 Å². The second-order valence-corrected chi connectivity index (χ2v) is 8.44. The summed E-state index contributed by atoms with van der Waals surface area (Å²) in [5.41, 5.74) is 2.88. The Morgan fingerprint density at radius 3 is 2.45 bits per heavy atom. The van der Waals surface area contributed by atoms with Crippen LogP contribution in [-0.4, -0.2) is 20.3 Å². The van der Waals surface area contributed by atoms with Gasteiger partial charge < -0.3 is 9.30 Å². The minimum atomic E-state index is -0.421. The molecule has 2 aromatic heterocycles. The molecule has 0 N–H and O–H groups in total. The van der Waals surface area contributed by atoms with E-state index in [4.69, 9.17) is 27.9 Å². The van der Waals surface area contributed by atoms with Crippen molar-refractivity contribution in [1.82, 2.24) is 13.7 Å². The molecule has 1 aliphatic heterocycles. The summed E-state index contributed by atoms with van der Waals surface area (Å²) in [7, 11) is 3.16. The molecule has 158 valence electrons. The third-order valence-corrected chi connectivity index (χ3v) is 6.39. The standard InChI is InChI=1S/C23H19Cl2N3O3/c1-26-19-17(22(29)27(2)23(26)30)18(15-9-8-14(24)12-16(15)25)28-10-11-31-21(20(19)28)13-6-4-3-5-7-13/h3-9,12,21H,10-11H2,1-2H3/t21-/m1/s1. The summed E-state index contributed by atoms with van der Waals surface area (Å²) >= 11 is 12.7. The highest BCUT2D eigenvalue weighted by molar-refractivity contribution is 6.36. The van der Waals surface area contributed by atoms with Crippen LogP contribution < -0.4 is 11.2 Å². The molecule has 6 nitrogen and oxygen atoms in total. The van der Waals surface area contributed by atoms with Crippen molar-refractivity contribution < 1.29 is 4.74 Å². The van der Waals surface area contributed by atoms with E-state index in [1.807, 2.05) is 36.4 Å². The second-order valence-electron chi connectivity index (χ2n) is 7.60. The first-order valence-electron chi connectivity index (χ1n) is 9.84. The van der Waals surface area contributed by atoms with Crippen LogP contribution in [0.5, 0.6) is 0 Å². The fourth-order valence-corrected chi connectivity index (χ4v) is 4.92. The van der Waals surface area contributed by atoms with Crippen molar-refractivity contribution in [3.05, 3.63) is 90.7 Å². The summed E-state index contributed by atoms with van der Waals surface area (Å²) in [6.45, 7) is 0.985. The Kier molecular flexibility index (Phi) is 4.81. The fraction of sp³-hybridized carbons (Fsp3) is 0.217. The molecule has 31 heavy (non-hydrogen) atoms. The van der Waals surface area contributed by atoms with Gasteiger partial charge in [0, 0.05) is 31.2 Å². The van der Waals surface area contributed by atoms with Crippen LogP contribution in [-0.2, 0) is 25.4 Å². The van der Waals surface area contributed by atoms with Gasteiger partial charge in [-0.3, -0.25) is 13.9 Å². The Balaban J connectivity index is 1.98.